The Morgan fingerprint density at radius 3 is 2.43 bits per heavy atom. The van der Waals surface area contributed by atoms with Gasteiger partial charge in [-0.2, -0.15) is 5.06 Å². The van der Waals surface area contributed by atoms with E-state index in [4.69, 9.17) is 9.57 Å². The molecule has 1 aliphatic heterocycles. The van der Waals surface area contributed by atoms with Crippen molar-refractivity contribution < 1.29 is 28.8 Å². The normalized spacial score (nSPS) is 19.6. The minimum atomic E-state index is -1.20. The number of hydroxylamine groups is 2. The van der Waals surface area contributed by atoms with Crippen LogP contribution in [0.5, 0.6) is 0 Å². The average molecular weight is 320 g/mol. The third-order valence-electron chi connectivity index (χ3n) is 3.13. The van der Waals surface area contributed by atoms with Gasteiger partial charge in [-0.3, -0.25) is 9.59 Å². The van der Waals surface area contributed by atoms with Crippen molar-refractivity contribution in [3.63, 3.8) is 0 Å². The Balaban J connectivity index is 2.12. The molecule has 1 fully saturated rings. The van der Waals surface area contributed by atoms with Crippen LogP contribution in [0.1, 0.15) is 24.2 Å². The van der Waals surface area contributed by atoms with Crippen LogP contribution in [-0.4, -0.2) is 47.5 Å². The van der Waals surface area contributed by atoms with E-state index in [9.17, 15) is 19.2 Å². The van der Waals surface area contributed by atoms with Crippen molar-refractivity contribution in [3.8, 4) is 0 Å². The summed E-state index contributed by atoms with van der Waals surface area (Å²) in [6.07, 6.45) is 0. The highest BCUT2D eigenvalue weighted by atomic mass is 16.7. The number of β-lactam (4-membered cyclic amide) rings is 1. The maximum Gasteiger partial charge on any atom is 0.363 e. The summed E-state index contributed by atoms with van der Waals surface area (Å²) in [7, 11) is 0. The fourth-order valence-electron chi connectivity index (χ4n) is 2.10. The Bertz CT molecular complexity index is 630. The molecule has 1 aliphatic rings. The molecule has 1 saturated heterocycles. The first kappa shape index (κ1) is 16.5. The minimum Gasteiger partial charge on any atom is -0.464 e. The molecule has 2 atom stereocenters. The molecule has 2 rings (SSSR count). The van der Waals surface area contributed by atoms with Crippen LogP contribution >= 0.6 is 0 Å². The molecule has 0 radical (unpaired) electrons. The number of carbonyl (C=O) groups excluding carboxylic acids is 4. The molecule has 122 valence electrons. The summed E-state index contributed by atoms with van der Waals surface area (Å²) in [6.45, 7) is 2.91. The molecule has 0 aliphatic carbocycles. The molecule has 1 aromatic rings. The number of esters is 1. The van der Waals surface area contributed by atoms with Gasteiger partial charge in [-0.15, -0.1) is 0 Å². The number of benzene rings is 1. The molecular weight excluding hydrogens is 304 g/mol. The molecular formula is C15H16N2O6. The van der Waals surface area contributed by atoms with E-state index in [0.29, 0.717) is 5.06 Å². The molecule has 8 nitrogen and oxygen atoms in total. The molecule has 1 N–H and O–H groups in total. The number of carbonyl (C=O) groups is 4. The highest BCUT2D eigenvalue weighted by Gasteiger charge is 2.56. The second-order valence-electron chi connectivity index (χ2n) is 4.78. The largest absolute Gasteiger partial charge is 0.464 e. The van der Waals surface area contributed by atoms with Gasteiger partial charge in [0.25, 0.3) is 5.91 Å². The van der Waals surface area contributed by atoms with Crippen LogP contribution in [0.3, 0.4) is 0 Å². The minimum absolute atomic E-state index is 0.0940. The maximum absolute atomic E-state index is 12.0. The van der Waals surface area contributed by atoms with Crippen LogP contribution in [0.15, 0.2) is 30.3 Å². The van der Waals surface area contributed by atoms with E-state index in [-0.39, 0.29) is 12.2 Å². The van der Waals surface area contributed by atoms with E-state index in [2.05, 4.69) is 5.32 Å². The molecule has 1 aromatic carbocycles. The van der Waals surface area contributed by atoms with Gasteiger partial charge in [0.05, 0.1) is 12.2 Å². The first-order chi connectivity index (χ1) is 11.0. The number of amides is 2. The Hall–Kier alpha value is -2.90. The highest BCUT2D eigenvalue weighted by Crippen LogP contribution is 2.23. The fourth-order valence-corrected chi connectivity index (χ4v) is 2.10. The molecule has 2 amide bonds. The quantitative estimate of drug-likeness (QED) is 0.607. The lowest BCUT2D eigenvalue weighted by Gasteiger charge is -2.42. The Morgan fingerprint density at radius 2 is 1.87 bits per heavy atom. The number of rotatable bonds is 5. The van der Waals surface area contributed by atoms with Crippen LogP contribution in [0, 0.1) is 0 Å². The summed E-state index contributed by atoms with van der Waals surface area (Å²) in [5.74, 6) is -2.71. The van der Waals surface area contributed by atoms with Gasteiger partial charge in [-0.1, -0.05) is 18.2 Å². The van der Waals surface area contributed by atoms with E-state index >= 15 is 0 Å². The molecule has 23 heavy (non-hydrogen) atoms. The number of hydrogen-bond donors (Lipinski definition) is 1. The van der Waals surface area contributed by atoms with E-state index in [1.54, 1.807) is 25.1 Å². The molecule has 0 spiro atoms. The smallest absolute Gasteiger partial charge is 0.363 e. The van der Waals surface area contributed by atoms with Crippen molar-refractivity contribution in [2.24, 2.45) is 0 Å². The zero-order valence-electron chi connectivity index (χ0n) is 12.6. The monoisotopic (exact) mass is 320 g/mol. The topological polar surface area (TPSA) is 102 Å². The summed E-state index contributed by atoms with van der Waals surface area (Å²) >= 11 is 0. The van der Waals surface area contributed by atoms with Gasteiger partial charge in [-0.25, -0.2) is 9.59 Å². The van der Waals surface area contributed by atoms with Crippen molar-refractivity contribution in [1.82, 2.24) is 10.4 Å². The summed E-state index contributed by atoms with van der Waals surface area (Å²) in [5, 5.41) is 2.97. The molecule has 0 bridgehead atoms. The highest BCUT2D eigenvalue weighted by molar-refractivity contribution is 6.02. The van der Waals surface area contributed by atoms with Crippen LogP contribution in [0.4, 0.5) is 0 Å². The van der Waals surface area contributed by atoms with E-state index in [1.807, 2.05) is 0 Å². The summed E-state index contributed by atoms with van der Waals surface area (Å²) < 4.78 is 4.85. The van der Waals surface area contributed by atoms with Gasteiger partial charge >= 0.3 is 11.9 Å². The molecule has 1 heterocycles. The van der Waals surface area contributed by atoms with E-state index < -0.39 is 35.8 Å². The molecule has 0 aromatic heterocycles. The van der Waals surface area contributed by atoms with Gasteiger partial charge in [0.15, 0.2) is 6.04 Å². The first-order valence-electron chi connectivity index (χ1n) is 6.99. The third-order valence-corrected chi connectivity index (χ3v) is 3.13. The summed E-state index contributed by atoms with van der Waals surface area (Å²) in [5.41, 5.74) is 0.228. The Kier molecular flexibility index (Phi) is 4.95. The lowest BCUT2D eigenvalue weighted by Crippen LogP contribution is -2.73. The van der Waals surface area contributed by atoms with Crippen molar-refractivity contribution >= 4 is 23.8 Å². The number of ether oxygens (including phenoxy) is 1. The molecule has 0 saturated carbocycles. The van der Waals surface area contributed by atoms with E-state index in [0.717, 1.165) is 0 Å². The van der Waals surface area contributed by atoms with Crippen LogP contribution in [-0.2, 0) is 24.0 Å². The van der Waals surface area contributed by atoms with Crippen LogP contribution in [0.25, 0.3) is 0 Å². The number of nitrogens with one attached hydrogen (secondary N) is 1. The Labute approximate surface area is 132 Å². The second-order valence-corrected chi connectivity index (χ2v) is 4.78. The van der Waals surface area contributed by atoms with E-state index in [1.165, 1.54) is 19.1 Å². The van der Waals surface area contributed by atoms with Crippen molar-refractivity contribution in [2.45, 2.75) is 25.9 Å². The van der Waals surface area contributed by atoms with Gasteiger partial charge in [0.1, 0.15) is 6.04 Å². The van der Waals surface area contributed by atoms with Gasteiger partial charge in [0.2, 0.25) is 5.91 Å². The lowest BCUT2D eigenvalue weighted by atomic mass is 9.98. The lowest BCUT2D eigenvalue weighted by molar-refractivity contribution is -0.218. The SMILES string of the molecule is CCOC(=O)C1C(NC(C)=O)C(=O)N1OC(=O)c1ccccc1. The van der Waals surface area contributed by atoms with Gasteiger partial charge < -0.3 is 14.9 Å². The predicted molar refractivity (Wildman–Crippen MR) is 76.7 cm³/mol. The Morgan fingerprint density at radius 1 is 1.22 bits per heavy atom. The molecule has 2 unspecified atom stereocenters. The number of hydrogen-bond acceptors (Lipinski definition) is 6. The van der Waals surface area contributed by atoms with Crippen molar-refractivity contribution in [1.29, 1.82) is 0 Å². The second kappa shape index (κ2) is 6.91. The summed E-state index contributed by atoms with van der Waals surface area (Å²) in [6, 6.07) is 5.72. The van der Waals surface area contributed by atoms with Crippen LogP contribution in [0.2, 0.25) is 0 Å². The third kappa shape index (κ3) is 3.47. The van der Waals surface area contributed by atoms with Gasteiger partial charge in [-0.05, 0) is 19.1 Å². The predicted octanol–water partition coefficient (Wildman–Crippen LogP) is 0.0370. The average Bonchev–Trinajstić information content (AvgIpc) is 2.53. The molecule has 8 heteroatoms. The maximum atomic E-state index is 12.0. The van der Waals surface area contributed by atoms with Crippen molar-refractivity contribution in [3.05, 3.63) is 35.9 Å². The zero-order chi connectivity index (χ0) is 17.0. The first-order valence-corrected chi connectivity index (χ1v) is 6.99. The summed E-state index contributed by atoms with van der Waals surface area (Å²) in [4.78, 5) is 52.0. The van der Waals surface area contributed by atoms with Gasteiger partial charge in [0, 0.05) is 6.92 Å². The number of nitrogens with zero attached hydrogens (tertiary/aromatic N) is 1. The van der Waals surface area contributed by atoms with Crippen molar-refractivity contribution in [2.75, 3.05) is 6.61 Å². The zero-order valence-corrected chi connectivity index (χ0v) is 12.6. The fraction of sp³-hybridized carbons (Fsp3) is 0.333. The standard InChI is InChI=1S/C15H16N2O6/c1-3-22-15(21)12-11(16-9(2)18)13(19)17(12)23-14(20)10-7-5-4-6-8-10/h4-8,11-12H,3H2,1-2H3,(H,16,18). The van der Waals surface area contributed by atoms with Crippen LogP contribution < -0.4 is 5.32 Å².